The molecule has 166 valence electrons. The number of benzene rings is 1. The van der Waals surface area contributed by atoms with Crippen LogP contribution >= 0.6 is 0 Å². The van der Waals surface area contributed by atoms with Gasteiger partial charge in [0.25, 0.3) is 0 Å². The van der Waals surface area contributed by atoms with Crippen molar-refractivity contribution in [3.8, 4) is 5.75 Å². The fraction of sp³-hybridized carbons (Fsp3) is 0.720. The Morgan fingerprint density at radius 2 is 1.57 bits per heavy atom. The number of ether oxygens (including phenoxy) is 2. The molecule has 1 aromatic rings. The molecular weight excluding hydrogens is 376 g/mol. The predicted octanol–water partition coefficient (Wildman–Crippen LogP) is 4.07. The summed E-state index contributed by atoms with van der Waals surface area (Å²) in [6.07, 6.45) is 6.45. The molecule has 0 atom stereocenters. The van der Waals surface area contributed by atoms with Gasteiger partial charge < -0.3 is 19.3 Å². The van der Waals surface area contributed by atoms with Crippen molar-refractivity contribution in [1.29, 1.82) is 0 Å². The number of hydrogen-bond acceptors (Lipinski definition) is 4. The van der Waals surface area contributed by atoms with Gasteiger partial charge in [-0.3, -0.25) is 4.79 Å². The Hall–Kier alpha value is -1.59. The van der Waals surface area contributed by atoms with Gasteiger partial charge in [-0.15, -0.1) is 0 Å². The quantitative estimate of drug-likeness (QED) is 0.728. The second kappa shape index (κ2) is 10.1. The van der Waals surface area contributed by atoms with Crippen LogP contribution in [0.4, 0.5) is 0 Å². The lowest BCUT2D eigenvalue weighted by atomic mass is 9.88. The third-order valence-corrected chi connectivity index (χ3v) is 7.24. The standard InChI is InChI=1S/C25H38N2O3/c1-19(2)26-15-9-24(10-16-26)30-23-5-3-20(4-6-23)21-7-13-27(14-8-21)25(28)22-11-17-29-18-12-22/h3-6,19,21-22,24H,7-18H2,1-2H3. The van der Waals surface area contributed by atoms with Gasteiger partial charge in [0.05, 0.1) is 0 Å². The zero-order valence-electron chi connectivity index (χ0n) is 18.7. The van der Waals surface area contributed by atoms with E-state index in [0.717, 1.165) is 83.7 Å². The molecule has 0 aliphatic carbocycles. The molecule has 3 heterocycles. The first-order chi connectivity index (χ1) is 14.6. The van der Waals surface area contributed by atoms with Gasteiger partial charge in [0, 0.05) is 51.4 Å². The zero-order chi connectivity index (χ0) is 20.9. The van der Waals surface area contributed by atoms with E-state index in [1.165, 1.54) is 5.56 Å². The van der Waals surface area contributed by atoms with Crippen LogP contribution in [0.2, 0.25) is 0 Å². The van der Waals surface area contributed by atoms with E-state index in [4.69, 9.17) is 9.47 Å². The first kappa shape index (κ1) is 21.6. The maximum absolute atomic E-state index is 12.7. The summed E-state index contributed by atoms with van der Waals surface area (Å²) < 4.78 is 11.7. The summed E-state index contributed by atoms with van der Waals surface area (Å²) in [6, 6.07) is 9.38. The highest BCUT2D eigenvalue weighted by molar-refractivity contribution is 5.79. The second-order valence-corrected chi connectivity index (χ2v) is 9.50. The molecular formula is C25H38N2O3. The molecule has 0 unspecified atom stereocenters. The van der Waals surface area contributed by atoms with Crippen molar-refractivity contribution in [2.45, 2.75) is 70.4 Å². The number of nitrogens with zero attached hydrogens (tertiary/aromatic N) is 2. The lowest BCUT2D eigenvalue weighted by Gasteiger charge is -2.35. The van der Waals surface area contributed by atoms with Crippen molar-refractivity contribution in [2.75, 3.05) is 39.4 Å². The van der Waals surface area contributed by atoms with Crippen LogP contribution in [0.15, 0.2) is 24.3 Å². The highest BCUT2D eigenvalue weighted by Crippen LogP contribution is 2.31. The van der Waals surface area contributed by atoms with Crippen molar-refractivity contribution in [3.05, 3.63) is 29.8 Å². The molecule has 0 N–H and O–H groups in total. The van der Waals surface area contributed by atoms with E-state index in [1.54, 1.807) is 0 Å². The molecule has 0 radical (unpaired) electrons. The molecule has 4 rings (SSSR count). The molecule has 0 saturated carbocycles. The predicted molar refractivity (Wildman–Crippen MR) is 119 cm³/mol. The van der Waals surface area contributed by atoms with Crippen LogP contribution in [0.25, 0.3) is 0 Å². The Morgan fingerprint density at radius 1 is 0.933 bits per heavy atom. The minimum atomic E-state index is 0.180. The monoisotopic (exact) mass is 414 g/mol. The lowest BCUT2D eigenvalue weighted by Crippen LogP contribution is -2.42. The fourth-order valence-electron chi connectivity index (χ4n) is 5.16. The molecule has 3 aliphatic rings. The lowest BCUT2D eigenvalue weighted by molar-refractivity contribution is -0.139. The molecule has 30 heavy (non-hydrogen) atoms. The smallest absolute Gasteiger partial charge is 0.225 e. The van der Waals surface area contributed by atoms with Gasteiger partial charge in [0.2, 0.25) is 5.91 Å². The maximum Gasteiger partial charge on any atom is 0.225 e. The maximum atomic E-state index is 12.7. The fourth-order valence-corrected chi connectivity index (χ4v) is 5.16. The summed E-state index contributed by atoms with van der Waals surface area (Å²) in [5.74, 6) is 2.07. The number of carbonyl (C=O) groups is 1. The summed E-state index contributed by atoms with van der Waals surface area (Å²) in [5.41, 5.74) is 1.38. The van der Waals surface area contributed by atoms with Crippen LogP contribution < -0.4 is 4.74 Å². The Bertz CT molecular complexity index is 668. The summed E-state index contributed by atoms with van der Waals surface area (Å²) in [7, 11) is 0. The van der Waals surface area contributed by atoms with E-state index in [2.05, 4.69) is 47.9 Å². The minimum absolute atomic E-state index is 0.180. The van der Waals surface area contributed by atoms with Gasteiger partial charge in [-0.05, 0) is 76.0 Å². The molecule has 0 aromatic heterocycles. The van der Waals surface area contributed by atoms with Crippen LogP contribution in [0, 0.1) is 5.92 Å². The Morgan fingerprint density at radius 3 is 2.17 bits per heavy atom. The van der Waals surface area contributed by atoms with Crippen LogP contribution in [0.3, 0.4) is 0 Å². The number of piperidine rings is 2. The Kier molecular flexibility index (Phi) is 7.32. The highest BCUT2D eigenvalue weighted by Gasteiger charge is 2.30. The van der Waals surface area contributed by atoms with Crippen LogP contribution in [-0.4, -0.2) is 67.2 Å². The van der Waals surface area contributed by atoms with Crippen molar-refractivity contribution >= 4 is 5.91 Å². The van der Waals surface area contributed by atoms with E-state index in [1.807, 2.05) is 0 Å². The number of rotatable bonds is 5. The van der Waals surface area contributed by atoms with Gasteiger partial charge in [0.1, 0.15) is 11.9 Å². The zero-order valence-corrected chi connectivity index (χ0v) is 18.7. The van der Waals surface area contributed by atoms with Gasteiger partial charge in [-0.1, -0.05) is 12.1 Å². The molecule has 3 saturated heterocycles. The summed E-state index contributed by atoms with van der Waals surface area (Å²) in [5, 5.41) is 0. The average Bonchev–Trinajstić information content (AvgIpc) is 2.80. The van der Waals surface area contributed by atoms with Gasteiger partial charge in [-0.25, -0.2) is 0 Å². The molecule has 0 bridgehead atoms. The van der Waals surface area contributed by atoms with E-state index in [0.29, 0.717) is 24.0 Å². The van der Waals surface area contributed by atoms with E-state index in [9.17, 15) is 4.79 Å². The van der Waals surface area contributed by atoms with Crippen LogP contribution in [-0.2, 0) is 9.53 Å². The topological polar surface area (TPSA) is 42.0 Å². The normalized spacial score (nSPS) is 23.1. The first-order valence-corrected chi connectivity index (χ1v) is 12.0. The number of amides is 1. The SMILES string of the molecule is CC(C)N1CCC(Oc2ccc(C3CCN(C(=O)C4CCOCC4)CC3)cc2)CC1. The first-order valence-electron chi connectivity index (χ1n) is 12.0. The van der Waals surface area contributed by atoms with Crippen molar-refractivity contribution in [2.24, 2.45) is 5.92 Å². The molecule has 1 aromatic carbocycles. The number of carbonyl (C=O) groups excluding carboxylic acids is 1. The van der Waals surface area contributed by atoms with E-state index >= 15 is 0 Å². The van der Waals surface area contributed by atoms with Crippen LogP contribution in [0.1, 0.15) is 63.9 Å². The van der Waals surface area contributed by atoms with Crippen molar-refractivity contribution in [3.63, 3.8) is 0 Å². The van der Waals surface area contributed by atoms with E-state index < -0.39 is 0 Å². The minimum Gasteiger partial charge on any atom is -0.490 e. The molecule has 5 nitrogen and oxygen atoms in total. The molecule has 5 heteroatoms. The number of likely N-dealkylation sites (tertiary alicyclic amines) is 2. The van der Waals surface area contributed by atoms with Gasteiger partial charge >= 0.3 is 0 Å². The van der Waals surface area contributed by atoms with Gasteiger partial charge in [0.15, 0.2) is 0 Å². The Balaban J connectivity index is 1.23. The summed E-state index contributed by atoms with van der Waals surface area (Å²) in [4.78, 5) is 17.4. The summed E-state index contributed by atoms with van der Waals surface area (Å²) in [6.45, 7) is 10.0. The molecule has 3 fully saturated rings. The molecule has 3 aliphatic heterocycles. The number of hydrogen-bond donors (Lipinski definition) is 0. The Labute approximate surface area is 181 Å². The van der Waals surface area contributed by atoms with Crippen LogP contribution in [0.5, 0.6) is 5.75 Å². The van der Waals surface area contributed by atoms with Crippen molar-refractivity contribution < 1.29 is 14.3 Å². The molecule has 1 amide bonds. The third-order valence-electron chi connectivity index (χ3n) is 7.24. The third kappa shape index (κ3) is 5.36. The van der Waals surface area contributed by atoms with E-state index in [-0.39, 0.29) is 5.92 Å². The van der Waals surface area contributed by atoms with Crippen molar-refractivity contribution in [1.82, 2.24) is 9.80 Å². The average molecular weight is 415 g/mol. The highest BCUT2D eigenvalue weighted by atomic mass is 16.5. The second-order valence-electron chi connectivity index (χ2n) is 9.50. The van der Waals surface area contributed by atoms with Gasteiger partial charge in [-0.2, -0.15) is 0 Å². The largest absolute Gasteiger partial charge is 0.490 e. The summed E-state index contributed by atoms with van der Waals surface area (Å²) >= 11 is 0. The molecule has 0 spiro atoms.